The lowest BCUT2D eigenvalue weighted by Crippen LogP contribution is -2.14. The van der Waals surface area contributed by atoms with Gasteiger partial charge >= 0.3 is 0 Å². The van der Waals surface area contributed by atoms with E-state index in [2.05, 4.69) is 10.5 Å². The Labute approximate surface area is 121 Å². The first-order valence-electron chi connectivity index (χ1n) is 8.50. The molecule has 0 aromatic carbocycles. The van der Waals surface area contributed by atoms with Crippen molar-refractivity contribution in [1.82, 2.24) is 15.5 Å². The Bertz CT molecular complexity index is 388. The zero-order valence-electron chi connectivity index (χ0n) is 12.4. The Morgan fingerprint density at radius 2 is 1.55 bits per heavy atom. The lowest BCUT2D eigenvalue weighted by Gasteiger charge is -2.14. The fourth-order valence-corrected chi connectivity index (χ4v) is 3.52. The molecule has 1 aliphatic carbocycles. The minimum absolute atomic E-state index is 0.326. The summed E-state index contributed by atoms with van der Waals surface area (Å²) in [6, 6.07) is 0.326. The zero-order chi connectivity index (χ0) is 13.6. The summed E-state index contributed by atoms with van der Waals surface area (Å²) in [6.45, 7) is 1.08. The third-order valence-corrected chi connectivity index (χ3v) is 4.78. The molecule has 1 atom stereocenters. The third-order valence-electron chi connectivity index (χ3n) is 4.78. The van der Waals surface area contributed by atoms with Crippen molar-refractivity contribution < 1.29 is 4.52 Å². The normalized spacial score (nSPS) is 26.7. The first-order chi connectivity index (χ1) is 9.93. The van der Waals surface area contributed by atoms with Crippen LogP contribution in [0, 0.1) is 0 Å². The Morgan fingerprint density at radius 1 is 0.850 bits per heavy atom. The molecule has 2 aliphatic rings. The SMILES string of the molecule is C1CCCCC(c2nc(C3CCCN3)no2)CCCC1. The number of nitrogens with one attached hydrogen (secondary N) is 1. The lowest BCUT2D eigenvalue weighted by molar-refractivity contribution is 0.322. The molecule has 0 amide bonds. The lowest BCUT2D eigenvalue weighted by atomic mass is 9.92. The van der Waals surface area contributed by atoms with Crippen LogP contribution in [0.2, 0.25) is 0 Å². The fourth-order valence-electron chi connectivity index (χ4n) is 3.52. The summed E-state index contributed by atoms with van der Waals surface area (Å²) in [4.78, 5) is 4.70. The Kier molecular flexibility index (Phi) is 5.06. The molecule has 3 rings (SSSR count). The second-order valence-corrected chi connectivity index (χ2v) is 6.39. The highest BCUT2D eigenvalue weighted by Crippen LogP contribution is 2.30. The molecule has 0 bridgehead atoms. The number of nitrogens with zero attached hydrogens (tertiary/aromatic N) is 2. The molecule has 20 heavy (non-hydrogen) atoms. The molecule has 1 N–H and O–H groups in total. The molecule has 1 aliphatic heterocycles. The van der Waals surface area contributed by atoms with Gasteiger partial charge in [0.2, 0.25) is 5.89 Å². The van der Waals surface area contributed by atoms with Crippen molar-refractivity contribution in [1.29, 1.82) is 0 Å². The van der Waals surface area contributed by atoms with Gasteiger partial charge in [0.15, 0.2) is 5.82 Å². The van der Waals surface area contributed by atoms with E-state index < -0.39 is 0 Å². The molecular formula is C16H27N3O. The van der Waals surface area contributed by atoms with Crippen LogP contribution in [-0.4, -0.2) is 16.7 Å². The van der Waals surface area contributed by atoms with Crippen LogP contribution in [0.25, 0.3) is 0 Å². The van der Waals surface area contributed by atoms with Crippen molar-refractivity contribution in [2.75, 3.05) is 6.54 Å². The maximum Gasteiger partial charge on any atom is 0.229 e. The van der Waals surface area contributed by atoms with Crippen molar-refractivity contribution >= 4 is 0 Å². The molecule has 4 nitrogen and oxygen atoms in total. The van der Waals surface area contributed by atoms with E-state index in [1.54, 1.807) is 0 Å². The van der Waals surface area contributed by atoms with Gasteiger partial charge in [0, 0.05) is 5.92 Å². The van der Waals surface area contributed by atoms with E-state index in [4.69, 9.17) is 9.51 Å². The number of rotatable bonds is 2. The number of hydrogen-bond donors (Lipinski definition) is 1. The summed E-state index contributed by atoms with van der Waals surface area (Å²) in [5, 5.41) is 7.67. The summed E-state index contributed by atoms with van der Waals surface area (Å²) >= 11 is 0. The largest absolute Gasteiger partial charge is 0.339 e. The van der Waals surface area contributed by atoms with Crippen molar-refractivity contribution in [3.63, 3.8) is 0 Å². The summed E-state index contributed by atoms with van der Waals surface area (Å²) in [5.41, 5.74) is 0. The van der Waals surface area contributed by atoms with E-state index in [0.29, 0.717) is 12.0 Å². The molecule has 1 unspecified atom stereocenters. The molecule has 0 spiro atoms. The van der Waals surface area contributed by atoms with Crippen molar-refractivity contribution in [3.05, 3.63) is 11.7 Å². The van der Waals surface area contributed by atoms with Gasteiger partial charge in [-0.3, -0.25) is 0 Å². The van der Waals surface area contributed by atoms with Crippen molar-refractivity contribution in [2.24, 2.45) is 0 Å². The topological polar surface area (TPSA) is 51.0 Å². The van der Waals surface area contributed by atoms with Crippen molar-refractivity contribution in [2.45, 2.75) is 82.6 Å². The third kappa shape index (κ3) is 3.60. The van der Waals surface area contributed by atoms with Gasteiger partial charge in [-0.25, -0.2) is 0 Å². The Morgan fingerprint density at radius 3 is 2.20 bits per heavy atom. The highest BCUT2D eigenvalue weighted by molar-refractivity contribution is 5.00. The Hall–Kier alpha value is -0.900. The summed E-state index contributed by atoms with van der Waals surface area (Å²) in [5.74, 6) is 2.28. The van der Waals surface area contributed by atoms with Crippen LogP contribution in [0.1, 0.15) is 94.3 Å². The molecule has 1 saturated carbocycles. The molecule has 2 heterocycles. The molecule has 0 radical (unpaired) electrons. The molecule has 1 saturated heterocycles. The van der Waals surface area contributed by atoms with E-state index in [1.165, 1.54) is 64.2 Å². The van der Waals surface area contributed by atoms with Crippen LogP contribution >= 0.6 is 0 Å². The van der Waals surface area contributed by atoms with Crippen LogP contribution in [0.15, 0.2) is 4.52 Å². The summed E-state index contributed by atoms with van der Waals surface area (Å²) < 4.78 is 5.58. The molecule has 2 fully saturated rings. The monoisotopic (exact) mass is 277 g/mol. The van der Waals surface area contributed by atoms with Crippen LogP contribution in [0.4, 0.5) is 0 Å². The highest BCUT2D eigenvalue weighted by Gasteiger charge is 2.24. The zero-order valence-corrected chi connectivity index (χ0v) is 12.4. The van der Waals surface area contributed by atoms with Crippen LogP contribution in [0.3, 0.4) is 0 Å². The van der Waals surface area contributed by atoms with Crippen LogP contribution in [0.5, 0.6) is 0 Å². The van der Waals surface area contributed by atoms with E-state index in [0.717, 1.165) is 24.7 Å². The predicted octanol–water partition coefficient (Wildman–Crippen LogP) is 4.10. The minimum Gasteiger partial charge on any atom is -0.339 e. The highest BCUT2D eigenvalue weighted by atomic mass is 16.5. The molecule has 112 valence electrons. The van der Waals surface area contributed by atoms with E-state index in [9.17, 15) is 0 Å². The standard InChI is InChI=1S/C16H27N3O/c1-2-4-6-9-13(10-7-5-3-1)16-18-15(19-20-16)14-11-8-12-17-14/h13-14,17H,1-12H2. The molecule has 1 aromatic heterocycles. The smallest absolute Gasteiger partial charge is 0.229 e. The Balaban J connectivity index is 1.62. The molecule has 1 aromatic rings. The molecule has 4 heteroatoms. The number of hydrogen-bond acceptors (Lipinski definition) is 4. The first kappa shape index (κ1) is 14.1. The minimum atomic E-state index is 0.326. The summed E-state index contributed by atoms with van der Waals surface area (Å²) in [7, 11) is 0. The van der Waals surface area contributed by atoms with Crippen molar-refractivity contribution in [3.8, 4) is 0 Å². The average Bonchev–Trinajstić information content (AvgIpc) is 3.15. The predicted molar refractivity (Wildman–Crippen MR) is 78.6 cm³/mol. The quantitative estimate of drug-likeness (QED) is 0.884. The van der Waals surface area contributed by atoms with Gasteiger partial charge in [-0.2, -0.15) is 4.98 Å². The van der Waals surface area contributed by atoms with Crippen LogP contribution < -0.4 is 5.32 Å². The van der Waals surface area contributed by atoms with Gasteiger partial charge in [0.25, 0.3) is 0 Å². The van der Waals surface area contributed by atoms with Gasteiger partial charge in [-0.1, -0.05) is 50.1 Å². The first-order valence-corrected chi connectivity index (χ1v) is 8.50. The van der Waals surface area contributed by atoms with E-state index in [-0.39, 0.29) is 0 Å². The van der Waals surface area contributed by atoms with Crippen LogP contribution in [-0.2, 0) is 0 Å². The van der Waals surface area contributed by atoms with Gasteiger partial charge in [-0.05, 0) is 32.2 Å². The maximum absolute atomic E-state index is 5.58. The van der Waals surface area contributed by atoms with E-state index in [1.807, 2.05) is 0 Å². The van der Waals surface area contributed by atoms with Gasteiger partial charge in [0.1, 0.15) is 0 Å². The van der Waals surface area contributed by atoms with Gasteiger partial charge in [0.05, 0.1) is 6.04 Å². The second kappa shape index (κ2) is 7.21. The molecular weight excluding hydrogens is 250 g/mol. The number of aromatic nitrogens is 2. The average molecular weight is 277 g/mol. The van der Waals surface area contributed by atoms with Gasteiger partial charge < -0.3 is 9.84 Å². The van der Waals surface area contributed by atoms with Gasteiger partial charge in [-0.15, -0.1) is 0 Å². The fraction of sp³-hybridized carbons (Fsp3) is 0.875. The second-order valence-electron chi connectivity index (χ2n) is 6.39. The van der Waals surface area contributed by atoms with E-state index >= 15 is 0 Å². The maximum atomic E-state index is 5.58. The summed E-state index contributed by atoms with van der Waals surface area (Å²) in [6.07, 6.45) is 14.4.